The molecule has 6 heteroatoms. The fourth-order valence-corrected chi connectivity index (χ4v) is 3.13. The molecule has 0 aliphatic carbocycles. The maximum atomic E-state index is 11.2. The van der Waals surface area contributed by atoms with E-state index in [1.807, 2.05) is 31.2 Å². The molecule has 126 valence electrons. The summed E-state index contributed by atoms with van der Waals surface area (Å²) in [6.07, 6.45) is 5.32. The molecule has 1 aliphatic heterocycles. The quantitative estimate of drug-likeness (QED) is 0.911. The molecule has 3 rings (SSSR count). The molecule has 1 fully saturated rings. The van der Waals surface area contributed by atoms with Gasteiger partial charge in [-0.2, -0.15) is 0 Å². The molecule has 2 N–H and O–H groups in total. The molecule has 0 bridgehead atoms. The highest BCUT2D eigenvalue weighted by Gasteiger charge is 2.26. The molecule has 24 heavy (non-hydrogen) atoms. The molecule has 1 amide bonds. The molecule has 1 atom stereocenters. The summed E-state index contributed by atoms with van der Waals surface area (Å²) in [7, 11) is 0. The Balaban J connectivity index is 1.79. The van der Waals surface area contributed by atoms with E-state index in [9.17, 15) is 4.79 Å². The van der Waals surface area contributed by atoms with Crippen molar-refractivity contribution in [3.05, 3.63) is 47.9 Å². The molecule has 0 saturated carbocycles. The lowest BCUT2D eigenvalue weighted by Crippen LogP contribution is -2.40. The number of piperidine rings is 1. The number of rotatable bonds is 5. The maximum absolute atomic E-state index is 11.2. The fraction of sp³-hybridized carbons (Fsp3) is 0.389. The highest BCUT2D eigenvalue weighted by Crippen LogP contribution is 2.32. The van der Waals surface area contributed by atoms with E-state index in [1.54, 1.807) is 12.4 Å². The molecule has 2 heterocycles. The lowest BCUT2D eigenvalue weighted by atomic mass is 9.94. The van der Waals surface area contributed by atoms with Crippen LogP contribution in [0.1, 0.15) is 30.0 Å². The van der Waals surface area contributed by atoms with Crippen LogP contribution in [0.2, 0.25) is 0 Å². The first-order chi connectivity index (χ1) is 11.6. The normalized spacial score (nSPS) is 18.3. The Morgan fingerprint density at radius 1 is 1.38 bits per heavy atom. The number of carbonyl (C=O) groups is 1. The van der Waals surface area contributed by atoms with Crippen molar-refractivity contribution in [3.8, 4) is 11.6 Å². The fourth-order valence-electron chi connectivity index (χ4n) is 3.13. The molecule has 1 aromatic carbocycles. The van der Waals surface area contributed by atoms with Gasteiger partial charge in [0.2, 0.25) is 11.8 Å². The maximum Gasteiger partial charge on any atom is 0.241 e. The molecule has 2 aromatic rings. The second kappa shape index (κ2) is 7.40. The number of hydrogen-bond donors (Lipinski definition) is 1. The Labute approximate surface area is 141 Å². The van der Waals surface area contributed by atoms with Crippen molar-refractivity contribution >= 4 is 5.91 Å². The Bertz CT molecular complexity index is 720. The van der Waals surface area contributed by atoms with Crippen molar-refractivity contribution in [2.45, 2.75) is 25.7 Å². The summed E-state index contributed by atoms with van der Waals surface area (Å²) in [5.74, 6) is 1.17. The highest BCUT2D eigenvalue weighted by atomic mass is 16.5. The van der Waals surface area contributed by atoms with E-state index in [4.69, 9.17) is 10.5 Å². The van der Waals surface area contributed by atoms with Crippen LogP contribution < -0.4 is 10.5 Å². The number of benzene rings is 1. The molecule has 1 saturated heterocycles. The van der Waals surface area contributed by atoms with Crippen molar-refractivity contribution in [2.75, 3.05) is 19.6 Å². The number of carbonyl (C=O) groups excluding carboxylic acids is 1. The van der Waals surface area contributed by atoms with Gasteiger partial charge < -0.3 is 10.5 Å². The lowest BCUT2D eigenvalue weighted by Gasteiger charge is -2.31. The topological polar surface area (TPSA) is 81.3 Å². The van der Waals surface area contributed by atoms with Crippen molar-refractivity contribution < 1.29 is 9.53 Å². The summed E-state index contributed by atoms with van der Waals surface area (Å²) in [6, 6.07) is 7.85. The van der Waals surface area contributed by atoms with Crippen LogP contribution in [0.5, 0.6) is 11.6 Å². The van der Waals surface area contributed by atoms with Crippen LogP contribution in [-0.2, 0) is 4.79 Å². The molecule has 0 spiro atoms. The minimum atomic E-state index is -0.300. The Kier molecular flexibility index (Phi) is 5.05. The third-order valence-corrected chi connectivity index (χ3v) is 4.17. The van der Waals surface area contributed by atoms with Gasteiger partial charge in [0.05, 0.1) is 6.54 Å². The van der Waals surface area contributed by atoms with Gasteiger partial charge in [-0.15, -0.1) is 0 Å². The summed E-state index contributed by atoms with van der Waals surface area (Å²) < 4.78 is 5.98. The monoisotopic (exact) mass is 326 g/mol. The van der Waals surface area contributed by atoms with Crippen LogP contribution in [0.25, 0.3) is 0 Å². The summed E-state index contributed by atoms with van der Waals surface area (Å²) in [6.45, 7) is 3.93. The molecular weight excluding hydrogens is 304 g/mol. The number of primary amides is 1. The number of ether oxygens (including phenoxy) is 1. The van der Waals surface area contributed by atoms with Gasteiger partial charge in [0.25, 0.3) is 0 Å². The third kappa shape index (κ3) is 4.08. The molecular formula is C18H22N4O2. The summed E-state index contributed by atoms with van der Waals surface area (Å²) in [4.78, 5) is 22.1. The predicted octanol–water partition coefficient (Wildman–Crippen LogP) is 2.24. The SMILES string of the molecule is Cc1cccc(Oc2nccnc2[C@H]2CCCN(CC(N)=O)C2)c1. The Hall–Kier alpha value is -2.47. The number of nitrogens with zero attached hydrogens (tertiary/aromatic N) is 3. The van der Waals surface area contributed by atoms with Crippen LogP contribution in [0.15, 0.2) is 36.7 Å². The van der Waals surface area contributed by atoms with Gasteiger partial charge in [-0.1, -0.05) is 12.1 Å². The first-order valence-electron chi connectivity index (χ1n) is 8.18. The van der Waals surface area contributed by atoms with Crippen LogP contribution in [0, 0.1) is 6.92 Å². The zero-order chi connectivity index (χ0) is 16.9. The number of likely N-dealkylation sites (tertiary alicyclic amines) is 1. The lowest BCUT2D eigenvalue weighted by molar-refractivity contribution is -0.119. The standard InChI is InChI=1S/C18H22N4O2/c1-13-4-2-6-15(10-13)24-18-17(20-7-8-21-18)14-5-3-9-22(11-14)12-16(19)23/h2,4,6-8,10,14H,3,5,9,11-12H2,1H3,(H2,19,23)/t14-/m0/s1. The zero-order valence-corrected chi connectivity index (χ0v) is 13.8. The number of amides is 1. The second-order valence-electron chi connectivity index (χ2n) is 6.21. The van der Waals surface area contributed by atoms with Crippen molar-refractivity contribution in [1.29, 1.82) is 0 Å². The predicted molar refractivity (Wildman–Crippen MR) is 90.9 cm³/mol. The summed E-state index contributed by atoms with van der Waals surface area (Å²) in [5.41, 5.74) is 7.29. The number of hydrogen-bond acceptors (Lipinski definition) is 5. The average Bonchev–Trinajstić information content (AvgIpc) is 2.55. The minimum absolute atomic E-state index is 0.187. The van der Waals surface area contributed by atoms with Gasteiger partial charge in [0, 0.05) is 24.9 Å². The van der Waals surface area contributed by atoms with E-state index in [0.717, 1.165) is 42.9 Å². The smallest absolute Gasteiger partial charge is 0.241 e. The highest BCUT2D eigenvalue weighted by molar-refractivity contribution is 5.75. The number of aromatic nitrogens is 2. The van der Waals surface area contributed by atoms with Crippen molar-refractivity contribution in [1.82, 2.24) is 14.9 Å². The van der Waals surface area contributed by atoms with Crippen LogP contribution in [-0.4, -0.2) is 40.4 Å². The first kappa shape index (κ1) is 16.4. The van der Waals surface area contributed by atoms with Crippen molar-refractivity contribution in [2.24, 2.45) is 5.73 Å². The van der Waals surface area contributed by atoms with Crippen LogP contribution >= 0.6 is 0 Å². The molecule has 6 nitrogen and oxygen atoms in total. The van der Waals surface area contributed by atoms with E-state index in [2.05, 4.69) is 14.9 Å². The third-order valence-electron chi connectivity index (χ3n) is 4.17. The summed E-state index contributed by atoms with van der Waals surface area (Å²) >= 11 is 0. The van der Waals surface area contributed by atoms with Crippen molar-refractivity contribution in [3.63, 3.8) is 0 Å². The van der Waals surface area contributed by atoms with Crippen LogP contribution in [0.4, 0.5) is 0 Å². The van der Waals surface area contributed by atoms with Gasteiger partial charge in [0.15, 0.2) is 0 Å². The largest absolute Gasteiger partial charge is 0.437 e. The van der Waals surface area contributed by atoms with Gasteiger partial charge in [-0.3, -0.25) is 14.7 Å². The van der Waals surface area contributed by atoms with Gasteiger partial charge in [0.1, 0.15) is 11.4 Å². The van der Waals surface area contributed by atoms with Gasteiger partial charge >= 0.3 is 0 Å². The van der Waals surface area contributed by atoms with E-state index >= 15 is 0 Å². The number of aryl methyl sites for hydroxylation is 1. The number of nitrogens with two attached hydrogens (primary N) is 1. The minimum Gasteiger partial charge on any atom is -0.437 e. The van der Waals surface area contributed by atoms with Crippen LogP contribution in [0.3, 0.4) is 0 Å². The molecule has 1 aliphatic rings. The van der Waals surface area contributed by atoms with Gasteiger partial charge in [-0.25, -0.2) is 4.98 Å². The average molecular weight is 326 g/mol. The van der Waals surface area contributed by atoms with E-state index in [0.29, 0.717) is 5.88 Å². The molecule has 1 aromatic heterocycles. The van der Waals surface area contributed by atoms with E-state index in [-0.39, 0.29) is 18.4 Å². The molecule has 0 radical (unpaired) electrons. The van der Waals surface area contributed by atoms with Gasteiger partial charge in [-0.05, 0) is 44.0 Å². The zero-order valence-electron chi connectivity index (χ0n) is 13.8. The Morgan fingerprint density at radius 2 is 2.21 bits per heavy atom. The molecule has 0 unspecified atom stereocenters. The van der Waals surface area contributed by atoms with E-state index in [1.165, 1.54) is 0 Å². The Morgan fingerprint density at radius 3 is 3.00 bits per heavy atom. The second-order valence-corrected chi connectivity index (χ2v) is 6.21. The van der Waals surface area contributed by atoms with E-state index < -0.39 is 0 Å². The first-order valence-corrected chi connectivity index (χ1v) is 8.18. The summed E-state index contributed by atoms with van der Waals surface area (Å²) in [5, 5.41) is 0.